The summed E-state index contributed by atoms with van der Waals surface area (Å²) in [6.07, 6.45) is 0.123. The number of likely N-dealkylation sites (N-methyl/N-ethyl adjacent to an activating group) is 1. The van der Waals surface area contributed by atoms with Crippen molar-refractivity contribution >= 4 is 38.4 Å². The second kappa shape index (κ2) is 9.81. The van der Waals surface area contributed by atoms with E-state index in [1.54, 1.807) is 19.2 Å². The third-order valence-electron chi connectivity index (χ3n) is 5.69. The van der Waals surface area contributed by atoms with Gasteiger partial charge in [-0.1, -0.05) is 28.1 Å². The SMILES string of the molecule is COc1ccc(CC(=O)N=Nc2c(O)n(CN3CCN(C)CC3)c3ccc(Br)cc23)cc1. The highest BCUT2D eigenvalue weighted by Crippen LogP contribution is 2.40. The smallest absolute Gasteiger partial charge is 0.269 e. The van der Waals surface area contributed by atoms with Gasteiger partial charge in [-0.05, 0) is 42.9 Å². The minimum atomic E-state index is -0.385. The van der Waals surface area contributed by atoms with Crippen LogP contribution in [0.5, 0.6) is 11.6 Å². The monoisotopic (exact) mass is 499 g/mol. The zero-order chi connectivity index (χ0) is 22.7. The number of ether oxygens (including phenoxy) is 1. The van der Waals surface area contributed by atoms with E-state index >= 15 is 0 Å². The van der Waals surface area contributed by atoms with Gasteiger partial charge in [0.2, 0.25) is 5.88 Å². The molecular weight excluding hydrogens is 474 g/mol. The number of nitrogens with zero attached hydrogens (tertiary/aromatic N) is 5. The molecule has 0 unspecified atom stereocenters. The second-order valence-electron chi connectivity index (χ2n) is 7.94. The van der Waals surface area contributed by atoms with Crippen molar-refractivity contribution in [2.75, 3.05) is 40.3 Å². The van der Waals surface area contributed by atoms with Crippen LogP contribution in [0.2, 0.25) is 0 Å². The molecule has 2 aromatic carbocycles. The fourth-order valence-electron chi connectivity index (χ4n) is 3.79. The van der Waals surface area contributed by atoms with Crippen molar-refractivity contribution in [3.8, 4) is 11.6 Å². The number of aromatic nitrogens is 1. The van der Waals surface area contributed by atoms with Crippen LogP contribution in [-0.4, -0.2) is 65.7 Å². The lowest BCUT2D eigenvalue weighted by Crippen LogP contribution is -2.44. The largest absolute Gasteiger partial charge is 0.497 e. The van der Waals surface area contributed by atoms with Gasteiger partial charge >= 0.3 is 0 Å². The highest BCUT2D eigenvalue weighted by Gasteiger charge is 2.21. The van der Waals surface area contributed by atoms with Gasteiger partial charge in [-0.3, -0.25) is 14.3 Å². The summed E-state index contributed by atoms with van der Waals surface area (Å²) in [4.78, 5) is 17.0. The van der Waals surface area contributed by atoms with Crippen molar-refractivity contribution in [2.45, 2.75) is 13.1 Å². The summed E-state index contributed by atoms with van der Waals surface area (Å²) in [5.74, 6) is 0.356. The van der Waals surface area contributed by atoms with Crippen molar-refractivity contribution in [2.24, 2.45) is 10.2 Å². The molecule has 0 spiro atoms. The minimum Gasteiger partial charge on any atom is -0.497 e. The maximum absolute atomic E-state index is 12.4. The van der Waals surface area contributed by atoms with E-state index in [2.05, 4.69) is 43.0 Å². The van der Waals surface area contributed by atoms with Crippen molar-refractivity contribution in [1.29, 1.82) is 0 Å². The molecule has 1 fully saturated rings. The second-order valence-corrected chi connectivity index (χ2v) is 8.86. The maximum Gasteiger partial charge on any atom is 0.269 e. The highest BCUT2D eigenvalue weighted by atomic mass is 79.9. The molecule has 1 aromatic heterocycles. The average molecular weight is 500 g/mol. The topological polar surface area (TPSA) is 82.7 Å². The molecule has 1 aliphatic heterocycles. The molecule has 1 N–H and O–H groups in total. The first-order valence-electron chi connectivity index (χ1n) is 10.4. The molecule has 8 nitrogen and oxygen atoms in total. The van der Waals surface area contributed by atoms with Crippen LogP contribution in [0.15, 0.2) is 57.2 Å². The number of aromatic hydroxyl groups is 1. The summed E-state index contributed by atoms with van der Waals surface area (Å²) in [5, 5.41) is 19.8. The van der Waals surface area contributed by atoms with Crippen molar-refractivity contribution < 1.29 is 14.6 Å². The van der Waals surface area contributed by atoms with Crippen LogP contribution in [0.3, 0.4) is 0 Å². The van der Waals surface area contributed by atoms with Gasteiger partial charge in [-0.15, -0.1) is 10.2 Å². The van der Waals surface area contributed by atoms with Gasteiger partial charge < -0.3 is 14.7 Å². The van der Waals surface area contributed by atoms with Gasteiger partial charge in [0.25, 0.3) is 5.91 Å². The number of hydrogen-bond acceptors (Lipinski definition) is 6. The van der Waals surface area contributed by atoms with Gasteiger partial charge in [0, 0.05) is 36.0 Å². The van der Waals surface area contributed by atoms with Gasteiger partial charge in [0.15, 0.2) is 5.69 Å². The van der Waals surface area contributed by atoms with E-state index < -0.39 is 0 Å². The van der Waals surface area contributed by atoms with E-state index in [9.17, 15) is 9.90 Å². The van der Waals surface area contributed by atoms with Crippen LogP contribution in [-0.2, 0) is 17.9 Å². The summed E-state index contributed by atoms with van der Waals surface area (Å²) in [5.41, 5.74) is 1.97. The number of fused-ring (bicyclic) bond motifs is 1. The van der Waals surface area contributed by atoms with Crippen LogP contribution in [0, 0.1) is 0 Å². The van der Waals surface area contributed by atoms with Gasteiger partial charge in [-0.25, -0.2) is 0 Å². The lowest BCUT2D eigenvalue weighted by molar-refractivity contribution is -0.117. The normalized spacial score (nSPS) is 15.6. The molecule has 0 radical (unpaired) electrons. The number of azo groups is 1. The first-order valence-corrected chi connectivity index (χ1v) is 11.2. The number of carbonyl (C=O) groups excluding carboxylic acids is 1. The summed E-state index contributed by atoms with van der Waals surface area (Å²) in [7, 11) is 3.71. The Labute approximate surface area is 195 Å². The fraction of sp³-hybridized carbons (Fsp3) is 0.348. The Bertz CT molecular complexity index is 1130. The number of methoxy groups -OCH3 is 1. The molecule has 2 heterocycles. The Kier molecular flexibility index (Phi) is 6.88. The van der Waals surface area contributed by atoms with E-state index in [4.69, 9.17) is 4.74 Å². The highest BCUT2D eigenvalue weighted by molar-refractivity contribution is 9.10. The maximum atomic E-state index is 12.4. The number of benzene rings is 2. The molecule has 0 atom stereocenters. The van der Waals surface area contributed by atoms with Crippen LogP contribution >= 0.6 is 15.9 Å². The van der Waals surface area contributed by atoms with E-state index in [1.165, 1.54) is 0 Å². The molecule has 0 saturated carbocycles. The zero-order valence-corrected chi connectivity index (χ0v) is 19.7. The van der Waals surface area contributed by atoms with Crippen molar-refractivity contribution in [3.05, 3.63) is 52.5 Å². The van der Waals surface area contributed by atoms with E-state index in [-0.39, 0.29) is 18.2 Å². The Morgan fingerprint density at radius 1 is 1.12 bits per heavy atom. The van der Waals surface area contributed by atoms with Gasteiger partial charge in [-0.2, -0.15) is 0 Å². The van der Waals surface area contributed by atoms with Crippen LogP contribution in [0.25, 0.3) is 10.9 Å². The van der Waals surface area contributed by atoms with E-state index in [0.717, 1.165) is 52.9 Å². The molecule has 32 heavy (non-hydrogen) atoms. The molecule has 1 saturated heterocycles. The number of piperazine rings is 1. The fourth-order valence-corrected chi connectivity index (χ4v) is 4.15. The van der Waals surface area contributed by atoms with Crippen LogP contribution in [0.1, 0.15) is 5.56 Å². The average Bonchev–Trinajstić information content (AvgIpc) is 3.04. The van der Waals surface area contributed by atoms with Crippen molar-refractivity contribution in [3.63, 3.8) is 0 Å². The number of halogens is 1. The predicted molar refractivity (Wildman–Crippen MR) is 127 cm³/mol. The van der Waals surface area contributed by atoms with E-state index in [1.807, 2.05) is 34.9 Å². The number of amides is 1. The number of carbonyl (C=O) groups is 1. The molecular formula is C23H26BrN5O3. The lowest BCUT2D eigenvalue weighted by Gasteiger charge is -2.32. The molecule has 1 amide bonds. The number of hydrogen-bond donors (Lipinski definition) is 1. The molecule has 0 aliphatic carbocycles. The van der Waals surface area contributed by atoms with Gasteiger partial charge in [0.05, 0.1) is 25.7 Å². The van der Waals surface area contributed by atoms with Gasteiger partial charge in [0.1, 0.15) is 5.75 Å². The summed E-state index contributed by atoms with van der Waals surface area (Å²) in [6.45, 7) is 4.36. The third-order valence-corrected chi connectivity index (χ3v) is 6.18. The van der Waals surface area contributed by atoms with Crippen LogP contribution in [0.4, 0.5) is 5.69 Å². The molecule has 0 bridgehead atoms. The van der Waals surface area contributed by atoms with E-state index in [0.29, 0.717) is 12.4 Å². The summed E-state index contributed by atoms with van der Waals surface area (Å²) >= 11 is 3.49. The minimum absolute atomic E-state index is 0.0121. The van der Waals surface area contributed by atoms with Crippen LogP contribution < -0.4 is 4.74 Å². The predicted octanol–water partition coefficient (Wildman–Crippen LogP) is 4.18. The summed E-state index contributed by atoms with van der Waals surface area (Å²) < 4.78 is 7.83. The van der Waals surface area contributed by atoms with Crippen molar-refractivity contribution in [1.82, 2.24) is 14.4 Å². The molecule has 9 heteroatoms. The molecule has 4 rings (SSSR count). The molecule has 168 valence electrons. The summed E-state index contributed by atoms with van der Waals surface area (Å²) in [6, 6.07) is 13.0. The Hall–Kier alpha value is -2.75. The first kappa shape index (κ1) is 22.4. The molecule has 3 aromatic rings. The lowest BCUT2D eigenvalue weighted by atomic mass is 10.1. The standard InChI is InChI=1S/C23H26BrN5O3/c1-27-9-11-28(12-10-27)15-29-20-8-5-17(24)14-19(20)22(23(29)31)26-25-21(30)13-16-3-6-18(32-2)7-4-16/h3-8,14,31H,9-13,15H2,1-2H3. The Morgan fingerprint density at radius 2 is 1.84 bits per heavy atom. The zero-order valence-electron chi connectivity index (χ0n) is 18.2. The number of rotatable bonds is 6. The Morgan fingerprint density at radius 3 is 2.53 bits per heavy atom. The Balaban J connectivity index is 1.57. The third kappa shape index (κ3) is 5.01. The molecule has 1 aliphatic rings. The quantitative estimate of drug-likeness (QED) is 0.514. The first-order chi connectivity index (χ1) is 15.4.